The van der Waals surface area contributed by atoms with E-state index >= 15 is 0 Å². The van der Waals surface area contributed by atoms with Crippen molar-refractivity contribution in [3.8, 4) is 0 Å². The van der Waals surface area contributed by atoms with E-state index in [-0.39, 0.29) is 17.9 Å². The van der Waals surface area contributed by atoms with E-state index in [1.165, 1.54) is 6.08 Å². The summed E-state index contributed by atoms with van der Waals surface area (Å²) in [6.45, 7) is 4.49. The van der Waals surface area contributed by atoms with Crippen molar-refractivity contribution in [3.63, 3.8) is 0 Å². The maximum Gasteiger partial charge on any atom is 0.256 e. The number of benzene rings is 1. The van der Waals surface area contributed by atoms with Gasteiger partial charge in [0.1, 0.15) is 0 Å². The van der Waals surface area contributed by atoms with E-state index in [0.717, 1.165) is 24.3 Å². The fourth-order valence-corrected chi connectivity index (χ4v) is 3.88. The van der Waals surface area contributed by atoms with Crippen LogP contribution in [-0.2, 0) is 9.53 Å². The quantitative estimate of drug-likeness (QED) is 0.770. The van der Waals surface area contributed by atoms with Crippen molar-refractivity contribution in [2.75, 3.05) is 37.1 Å². The third kappa shape index (κ3) is 4.85. The molecule has 1 N–H and O–H groups in total. The molecule has 0 saturated carbocycles. The number of thioether (sulfide) groups is 1. The van der Waals surface area contributed by atoms with Gasteiger partial charge >= 0.3 is 0 Å². The molecule has 0 aromatic heterocycles. The standard InChI is InChI=1S/C18H24N2O3S/c1-3-17(21)19-16-9-5-4-8-15(16)18(22)20(10-11-23-2)14-7-6-12-24-13-14/h3-5,8-9,14H,1,6-7,10-13H2,2H3,(H,19,21). The number of para-hydroxylation sites is 1. The number of amides is 2. The number of rotatable bonds is 7. The van der Waals surface area contributed by atoms with E-state index in [4.69, 9.17) is 4.74 Å². The van der Waals surface area contributed by atoms with Gasteiger partial charge in [-0.2, -0.15) is 11.8 Å². The van der Waals surface area contributed by atoms with Gasteiger partial charge in [0, 0.05) is 25.4 Å². The fraction of sp³-hybridized carbons (Fsp3) is 0.444. The van der Waals surface area contributed by atoms with Crippen molar-refractivity contribution in [1.82, 2.24) is 4.90 Å². The second-order valence-corrected chi connectivity index (χ2v) is 6.75. The Bertz CT molecular complexity index is 585. The average molecular weight is 348 g/mol. The van der Waals surface area contributed by atoms with Gasteiger partial charge in [-0.05, 0) is 36.8 Å². The second-order valence-electron chi connectivity index (χ2n) is 5.60. The first kappa shape index (κ1) is 18.5. The van der Waals surface area contributed by atoms with Gasteiger partial charge in [0.15, 0.2) is 0 Å². The molecule has 24 heavy (non-hydrogen) atoms. The fourth-order valence-electron chi connectivity index (χ4n) is 2.73. The number of hydrogen-bond acceptors (Lipinski definition) is 4. The molecule has 2 amide bonds. The third-order valence-electron chi connectivity index (χ3n) is 3.97. The Labute approximate surface area is 147 Å². The van der Waals surface area contributed by atoms with E-state index in [0.29, 0.717) is 24.4 Å². The Morgan fingerprint density at radius 2 is 2.25 bits per heavy atom. The molecule has 1 aliphatic heterocycles. The molecule has 0 spiro atoms. The maximum absolute atomic E-state index is 13.1. The second kappa shape index (κ2) is 9.49. The number of nitrogens with one attached hydrogen (secondary N) is 1. The summed E-state index contributed by atoms with van der Waals surface area (Å²) >= 11 is 1.88. The van der Waals surface area contributed by atoms with Crippen LogP contribution in [0, 0.1) is 0 Å². The van der Waals surface area contributed by atoms with Crippen LogP contribution in [-0.4, -0.2) is 54.5 Å². The maximum atomic E-state index is 13.1. The van der Waals surface area contributed by atoms with Crippen LogP contribution < -0.4 is 5.32 Å². The summed E-state index contributed by atoms with van der Waals surface area (Å²) in [7, 11) is 1.64. The van der Waals surface area contributed by atoms with Gasteiger partial charge in [0.05, 0.1) is 17.9 Å². The summed E-state index contributed by atoms with van der Waals surface area (Å²) in [6.07, 6.45) is 3.31. The van der Waals surface area contributed by atoms with Crippen LogP contribution in [0.25, 0.3) is 0 Å². The van der Waals surface area contributed by atoms with Crippen LogP contribution in [0.3, 0.4) is 0 Å². The van der Waals surface area contributed by atoms with Crippen molar-refractivity contribution in [1.29, 1.82) is 0 Å². The topological polar surface area (TPSA) is 58.6 Å². The molecule has 0 bridgehead atoms. The monoisotopic (exact) mass is 348 g/mol. The third-order valence-corrected chi connectivity index (χ3v) is 5.17. The molecule has 0 radical (unpaired) electrons. The molecule has 5 nitrogen and oxygen atoms in total. The van der Waals surface area contributed by atoms with E-state index in [2.05, 4.69) is 11.9 Å². The zero-order chi connectivity index (χ0) is 17.4. The molecule has 1 fully saturated rings. The Balaban J connectivity index is 2.24. The summed E-state index contributed by atoms with van der Waals surface area (Å²) in [5, 5.41) is 2.71. The Morgan fingerprint density at radius 1 is 1.46 bits per heavy atom. The largest absolute Gasteiger partial charge is 0.383 e. The first-order valence-corrected chi connectivity index (χ1v) is 9.23. The molecule has 1 saturated heterocycles. The lowest BCUT2D eigenvalue weighted by Crippen LogP contribution is -2.45. The molecule has 0 aliphatic carbocycles. The normalized spacial score (nSPS) is 17.1. The first-order chi connectivity index (χ1) is 11.7. The van der Waals surface area contributed by atoms with Gasteiger partial charge in [-0.1, -0.05) is 18.7 Å². The summed E-state index contributed by atoms with van der Waals surface area (Å²) in [4.78, 5) is 26.6. The Hall–Kier alpha value is -1.79. The minimum atomic E-state index is -0.327. The molecular weight excluding hydrogens is 324 g/mol. The number of hydrogen-bond donors (Lipinski definition) is 1. The molecule has 2 rings (SSSR count). The number of anilines is 1. The van der Waals surface area contributed by atoms with E-state index in [9.17, 15) is 9.59 Å². The lowest BCUT2D eigenvalue weighted by molar-refractivity contribution is -0.111. The smallest absolute Gasteiger partial charge is 0.256 e. The molecule has 1 heterocycles. The summed E-state index contributed by atoms with van der Waals surface area (Å²) in [5.74, 6) is 1.69. The predicted molar refractivity (Wildman–Crippen MR) is 98.5 cm³/mol. The summed E-state index contributed by atoms with van der Waals surface area (Å²) < 4.78 is 5.18. The zero-order valence-corrected chi connectivity index (χ0v) is 14.8. The van der Waals surface area contributed by atoms with E-state index in [1.54, 1.807) is 31.4 Å². The lowest BCUT2D eigenvalue weighted by Gasteiger charge is -2.34. The van der Waals surface area contributed by atoms with Gasteiger partial charge in [-0.15, -0.1) is 0 Å². The van der Waals surface area contributed by atoms with Crippen LogP contribution in [0.1, 0.15) is 23.2 Å². The summed E-state index contributed by atoms with van der Waals surface area (Å²) in [5.41, 5.74) is 1.01. The van der Waals surface area contributed by atoms with Gasteiger partial charge in [0.2, 0.25) is 5.91 Å². The SMILES string of the molecule is C=CC(=O)Nc1ccccc1C(=O)N(CCOC)C1CCCSC1. The van der Waals surface area contributed by atoms with E-state index in [1.807, 2.05) is 16.7 Å². The molecule has 1 unspecified atom stereocenters. The molecule has 1 aromatic rings. The first-order valence-electron chi connectivity index (χ1n) is 8.07. The average Bonchev–Trinajstić information content (AvgIpc) is 2.63. The zero-order valence-electron chi connectivity index (χ0n) is 14.0. The van der Waals surface area contributed by atoms with Crippen molar-refractivity contribution in [3.05, 3.63) is 42.5 Å². The van der Waals surface area contributed by atoms with Gasteiger partial charge in [0.25, 0.3) is 5.91 Å². The Kier molecular flexibility index (Phi) is 7.34. The van der Waals surface area contributed by atoms with Crippen molar-refractivity contribution in [2.45, 2.75) is 18.9 Å². The van der Waals surface area contributed by atoms with Gasteiger partial charge in [-0.3, -0.25) is 9.59 Å². The Morgan fingerprint density at radius 3 is 2.92 bits per heavy atom. The highest BCUT2D eigenvalue weighted by atomic mass is 32.2. The number of carbonyl (C=O) groups is 2. The number of nitrogens with zero attached hydrogens (tertiary/aromatic N) is 1. The van der Waals surface area contributed by atoms with Crippen LogP contribution >= 0.6 is 11.8 Å². The highest BCUT2D eigenvalue weighted by molar-refractivity contribution is 7.99. The number of carbonyl (C=O) groups excluding carboxylic acids is 2. The molecule has 6 heteroatoms. The van der Waals surface area contributed by atoms with Crippen molar-refractivity contribution in [2.24, 2.45) is 0 Å². The van der Waals surface area contributed by atoms with Crippen molar-refractivity contribution >= 4 is 29.3 Å². The molecule has 1 atom stereocenters. The highest BCUT2D eigenvalue weighted by Gasteiger charge is 2.27. The lowest BCUT2D eigenvalue weighted by atomic mass is 10.1. The van der Waals surface area contributed by atoms with Gasteiger partial charge < -0.3 is 15.0 Å². The van der Waals surface area contributed by atoms with Crippen LogP contribution in [0.15, 0.2) is 36.9 Å². The molecule has 1 aromatic carbocycles. The number of ether oxygens (including phenoxy) is 1. The van der Waals surface area contributed by atoms with Crippen LogP contribution in [0.2, 0.25) is 0 Å². The molecule has 1 aliphatic rings. The molecule has 130 valence electrons. The van der Waals surface area contributed by atoms with Crippen LogP contribution in [0.5, 0.6) is 0 Å². The van der Waals surface area contributed by atoms with Crippen molar-refractivity contribution < 1.29 is 14.3 Å². The van der Waals surface area contributed by atoms with E-state index < -0.39 is 0 Å². The predicted octanol–water partition coefficient (Wildman–Crippen LogP) is 2.80. The minimum Gasteiger partial charge on any atom is -0.383 e. The summed E-state index contributed by atoms with van der Waals surface area (Å²) in [6, 6.07) is 7.29. The number of methoxy groups -OCH3 is 1. The minimum absolute atomic E-state index is 0.0699. The molecular formula is C18H24N2O3S. The van der Waals surface area contributed by atoms with Gasteiger partial charge in [-0.25, -0.2) is 0 Å². The highest BCUT2D eigenvalue weighted by Crippen LogP contribution is 2.25. The van der Waals surface area contributed by atoms with Crippen LogP contribution in [0.4, 0.5) is 5.69 Å².